The van der Waals surface area contributed by atoms with Gasteiger partial charge in [0.1, 0.15) is 0 Å². The van der Waals surface area contributed by atoms with Crippen molar-refractivity contribution in [2.45, 2.75) is 24.7 Å². The number of nitrogens with one attached hydrogen (secondary N) is 3. The Morgan fingerprint density at radius 2 is 1.79 bits per heavy atom. The van der Waals surface area contributed by atoms with Crippen LogP contribution in [0.25, 0.3) is 0 Å². The van der Waals surface area contributed by atoms with E-state index in [-0.39, 0.29) is 36.2 Å². The monoisotopic (exact) mass is 353 g/mol. The Morgan fingerprint density at radius 3 is 2.38 bits per heavy atom. The maximum Gasteiger partial charge on any atom is 0.251 e. The highest BCUT2D eigenvalue weighted by atomic mass is 32.2. The minimum Gasteiger partial charge on any atom is -0.356 e. The molecule has 8 heteroatoms. The molecule has 0 saturated carbocycles. The van der Waals surface area contributed by atoms with E-state index in [1.807, 2.05) is 6.92 Å². The zero-order valence-electron chi connectivity index (χ0n) is 13.7. The predicted octanol–water partition coefficient (Wildman–Crippen LogP) is 0.797. The molecule has 0 aromatic heterocycles. The molecule has 7 nitrogen and oxygen atoms in total. The van der Waals surface area contributed by atoms with E-state index in [1.165, 1.54) is 30.3 Å². The minimum atomic E-state index is -3.61. The Balaban J connectivity index is 2.55. The maximum atomic E-state index is 12.0. The van der Waals surface area contributed by atoms with Crippen LogP contribution in [0.2, 0.25) is 0 Å². The number of sulfonamides is 1. The SMILES string of the molecule is C=CCNS(=O)(=O)c1ccc(C(=O)NCCC(=O)NCCC)cc1. The molecule has 0 spiro atoms. The van der Waals surface area contributed by atoms with Crippen molar-refractivity contribution < 1.29 is 18.0 Å². The zero-order valence-corrected chi connectivity index (χ0v) is 14.5. The van der Waals surface area contributed by atoms with Gasteiger partial charge in [-0.3, -0.25) is 9.59 Å². The summed E-state index contributed by atoms with van der Waals surface area (Å²) in [4.78, 5) is 23.4. The van der Waals surface area contributed by atoms with Crippen LogP contribution in [0, 0.1) is 0 Å². The van der Waals surface area contributed by atoms with Gasteiger partial charge in [-0.15, -0.1) is 6.58 Å². The van der Waals surface area contributed by atoms with Crippen molar-refractivity contribution in [2.75, 3.05) is 19.6 Å². The van der Waals surface area contributed by atoms with Gasteiger partial charge in [0.15, 0.2) is 0 Å². The van der Waals surface area contributed by atoms with Crippen molar-refractivity contribution in [3.05, 3.63) is 42.5 Å². The van der Waals surface area contributed by atoms with Crippen molar-refractivity contribution in [3.63, 3.8) is 0 Å². The lowest BCUT2D eigenvalue weighted by Gasteiger charge is -2.08. The van der Waals surface area contributed by atoms with Crippen LogP contribution < -0.4 is 15.4 Å². The molecule has 1 aromatic carbocycles. The van der Waals surface area contributed by atoms with Gasteiger partial charge >= 0.3 is 0 Å². The number of amides is 2. The van der Waals surface area contributed by atoms with Crippen LogP contribution in [-0.4, -0.2) is 39.9 Å². The van der Waals surface area contributed by atoms with E-state index in [4.69, 9.17) is 0 Å². The first-order valence-electron chi connectivity index (χ1n) is 7.66. The van der Waals surface area contributed by atoms with Crippen LogP contribution in [-0.2, 0) is 14.8 Å². The Morgan fingerprint density at radius 1 is 1.12 bits per heavy atom. The van der Waals surface area contributed by atoms with Gasteiger partial charge in [-0.1, -0.05) is 13.0 Å². The summed E-state index contributed by atoms with van der Waals surface area (Å²) in [6.07, 6.45) is 2.49. The van der Waals surface area contributed by atoms with Crippen LogP contribution >= 0.6 is 0 Å². The van der Waals surface area contributed by atoms with Crippen LogP contribution in [0.5, 0.6) is 0 Å². The highest BCUT2D eigenvalue weighted by Gasteiger charge is 2.14. The standard InChI is InChI=1S/C16H23N3O4S/c1-3-10-17-15(20)9-12-18-16(21)13-5-7-14(8-6-13)24(22,23)19-11-4-2/h4-8,19H,2-3,9-12H2,1H3,(H,17,20)(H,18,21). The van der Waals surface area contributed by atoms with Gasteiger partial charge in [0.2, 0.25) is 15.9 Å². The van der Waals surface area contributed by atoms with E-state index >= 15 is 0 Å². The van der Waals surface area contributed by atoms with E-state index in [2.05, 4.69) is 21.9 Å². The molecule has 0 radical (unpaired) electrons. The van der Waals surface area contributed by atoms with Crippen molar-refractivity contribution in [1.82, 2.24) is 15.4 Å². The molecule has 0 fully saturated rings. The molecule has 0 aliphatic rings. The fraction of sp³-hybridized carbons (Fsp3) is 0.375. The largest absolute Gasteiger partial charge is 0.356 e. The average molecular weight is 353 g/mol. The number of rotatable bonds is 10. The topological polar surface area (TPSA) is 104 Å². The molecular weight excluding hydrogens is 330 g/mol. The van der Waals surface area contributed by atoms with Crippen LogP contribution in [0.4, 0.5) is 0 Å². The van der Waals surface area contributed by atoms with E-state index < -0.39 is 10.0 Å². The van der Waals surface area contributed by atoms with Crippen molar-refractivity contribution in [2.24, 2.45) is 0 Å². The summed E-state index contributed by atoms with van der Waals surface area (Å²) in [5.74, 6) is -0.479. The minimum absolute atomic E-state index is 0.0693. The number of hydrogen-bond acceptors (Lipinski definition) is 4. The molecule has 0 heterocycles. The number of hydrogen-bond donors (Lipinski definition) is 3. The lowest BCUT2D eigenvalue weighted by molar-refractivity contribution is -0.120. The summed E-state index contributed by atoms with van der Waals surface area (Å²) < 4.78 is 26.1. The quantitative estimate of drug-likeness (QED) is 0.541. The maximum absolute atomic E-state index is 12.0. The lowest BCUT2D eigenvalue weighted by Crippen LogP contribution is -2.31. The molecule has 1 rings (SSSR count). The zero-order chi connectivity index (χ0) is 18.0. The smallest absolute Gasteiger partial charge is 0.251 e. The predicted molar refractivity (Wildman–Crippen MR) is 92.1 cm³/mol. The molecule has 1 aromatic rings. The summed E-state index contributed by atoms with van der Waals surface area (Å²) in [7, 11) is -3.61. The first-order valence-corrected chi connectivity index (χ1v) is 9.14. The van der Waals surface area contributed by atoms with Crippen molar-refractivity contribution in [3.8, 4) is 0 Å². The van der Waals surface area contributed by atoms with Crippen LogP contribution in [0.1, 0.15) is 30.1 Å². The van der Waals surface area contributed by atoms with Gasteiger partial charge in [-0.2, -0.15) is 0 Å². The van der Waals surface area contributed by atoms with Gasteiger partial charge in [0.25, 0.3) is 5.91 Å². The van der Waals surface area contributed by atoms with Gasteiger partial charge < -0.3 is 10.6 Å². The van der Waals surface area contributed by atoms with Gasteiger partial charge in [-0.05, 0) is 30.7 Å². The second-order valence-electron chi connectivity index (χ2n) is 5.02. The van der Waals surface area contributed by atoms with Gasteiger partial charge in [-0.25, -0.2) is 13.1 Å². The Hall–Kier alpha value is -2.19. The normalized spacial score (nSPS) is 10.9. The molecular formula is C16H23N3O4S. The van der Waals surface area contributed by atoms with Crippen molar-refractivity contribution in [1.29, 1.82) is 0 Å². The van der Waals surface area contributed by atoms with Crippen LogP contribution in [0.3, 0.4) is 0 Å². The highest BCUT2D eigenvalue weighted by Crippen LogP contribution is 2.10. The Labute approximate surface area is 142 Å². The first-order chi connectivity index (χ1) is 11.4. The molecule has 132 valence electrons. The molecule has 2 amide bonds. The molecule has 0 saturated heterocycles. The number of benzene rings is 1. The second kappa shape index (κ2) is 9.84. The highest BCUT2D eigenvalue weighted by molar-refractivity contribution is 7.89. The van der Waals surface area contributed by atoms with Gasteiger partial charge in [0, 0.05) is 31.6 Å². The Kier molecular flexibility index (Phi) is 8.14. The van der Waals surface area contributed by atoms with Crippen LogP contribution in [0.15, 0.2) is 41.8 Å². The third-order valence-electron chi connectivity index (χ3n) is 3.05. The molecule has 24 heavy (non-hydrogen) atoms. The number of carbonyl (C=O) groups excluding carboxylic acids is 2. The second-order valence-corrected chi connectivity index (χ2v) is 6.79. The summed E-state index contributed by atoms with van der Waals surface area (Å²) >= 11 is 0. The molecule has 0 atom stereocenters. The Bertz CT molecular complexity index is 669. The summed E-state index contributed by atoms with van der Waals surface area (Å²) in [5, 5.41) is 5.34. The third kappa shape index (κ3) is 6.51. The van der Waals surface area contributed by atoms with E-state index in [0.717, 1.165) is 6.42 Å². The number of carbonyl (C=O) groups is 2. The fourth-order valence-corrected chi connectivity index (χ4v) is 2.78. The molecule has 3 N–H and O–H groups in total. The average Bonchev–Trinajstić information content (AvgIpc) is 2.58. The third-order valence-corrected chi connectivity index (χ3v) is 4.49. The first kappa shape index (κ1) is 19.9. The molecule has 0 aliphatic carbocycles. The summed E-state index contributed by atoms with van der Waals surface area (Å²) in [5.41, 5.74) is 0.326. The summed E-state index contributed by atoms with van der Waals surface area (Å²) in [6, 6.07) is 5.56. The van der Waals surface area contributed by atoms with E-state index in [1.54, 1.807) is 0 Å². The van der Waals surface area contributed by atoms with Gasteiger partial charge in [0.05, 0.1) is 4.90 Å². The van der Waals surface area contributed by atoms with E-state index in [9.17, 15) is 18.0 Å². The molecule has 0 unspecified atom stereocenters. The van der Waals surface area contributed by atoms with E-state index in [0.29, 0.717) is 12.1 Å². The lowest BCUT2D eigenvalue weighted by atomic mass is 10.2. The molecule has 0 bridgehead atoms. The molecule has 0 aliphatic heterocycles. The fourth-order valence-electron chi connectivity index (χ4n) is 1.78. The summed E-state index contributed by atoms with van der Waals surface area (Å²) in [6.45, 7) is 6.36. The van der Waals surface area contributed by atoms with Crippen molar-refractivity contribution >= 4 is 21.8 Å².